The summed E-state index contributed by atoms with van der Waals surface area (Å²) in [6, 6.07) is 0. The van der Waals surface area contributed by atoms with Crippen LogP contribution in [0.1, 0.15) is 39.5 Å². The molecule has 0 aliphatic heterocycles. The maximum absolute atomic E-state index is 8.25. The lowest BCUT2D eigenvalue weighted by Gasteiger charge is -2.29. The van der Waals surface area contributed by atoms with E-state index in [9.17, 15) is 0 Å². The third kappa shape index (κ3) is 19.5. The van der Waals surface area contributed by atoms with Crippen molar-refractivity contribution < 1.29 is 9.57 Å². The maximum Gasteiger partial charge on any atom is 0.0782 e. The Bertz CT molecular complexity index is 147. The van der Waals surface area contributed by atoms with E-state index in [0.29, 0.717) is 0 Å². The standard InChI is InChI=1S/C10H24N.NO3/c1-5-7-9-11(3,4)10-8-6-2;2-1(3)4/h5-10H2,1-4H3;/q+1;-1. The highest BCUT2D eigenvalue weighted by Crippen LogP contribution is 2.03. The minimum atomic E-state index is -1.75. The van der Waals surface area contributed by atoms with Gasteiger partial charge in [0.2, 0.25) is 0 Å². The summed E-state index contributed by atoms with van der Waals surface area (Å²) in [6.45, 7) is 7.21. The van der Waals surface area contributed by atoms with Gasteiger partial charge in [-0.2, -0.15) is 0 Å². The second kappa shape index (κ2) is 9.71. The summed E-state index contributed by atoms with van der Waals surface area (Å²) in [5.41, 5.74) is 0. The monoisotopic (exact) mass is 220 g/mol. The lowest BCUT2D eigenvalue weighted by atomic mass is 10.2. The van der Waals surface area contributed by atoms with Crippen molar-refractivity contribution in [3.05, 3.63) is 15.3 Å². The molecule has 5 heteroatoms. The molecule has 0 heterocycles. The number of quaternary nitrogens is 1. The molecule has 0 radical (unpaired) electrons. The van der Waals surface area contributed by atoms with Crippen LogP contribution in [0.3, 0.4) is 0 Å². The first-order valence-electron chi connectivity index (χ1n) is 5.49. The quantitative estimate of drug-likeness (QED) is 0.392. The van der Waals surface area contributed by atoms with Crippen LogP contribution in [0.15, 0.2) is 0 Å². The molecule has 0 fully saturated rings. The van der Waals surface area contributed by atoms with Gasteiger partial charge in [0.05, 0.1) is 32.3 Å². The molecule has 15 heavy (non-hydrogen) atoms. The van der Waals surface area contributed by atoms with Crippen LogP contribution in [0, 0.1) is 15.3 Å². The molecule has 0 aliphatic rings. The van der Waals surface area contributed by atoms with Crippen molar-refractivity contribution >= 4 is 0 Å². The van der Waals surface area contributed by atoms with Crippen molar-refractivity contribution in [2.75, 3.05) is 27.2 Å². The molecule has 0 aliphatic carbocycles. The van der Waals surface area contributed by atoms with Crippen LogP contribution in [0.2, 0.25) is 0 Å². The summed E-state index contributed by atoms with van der Waals surface area (Å²) in [5, 5.41) is 14.8. The molecule has 0 amide bonds. The highest BCUT2D eigenvalue weighted by molar-refractivity contribution is 4.37. The van der Waals surface area contributed by atoms with Crippen LogP contribution in [0.4, 0.5) is 0 Å². The Hall–Kier alpha value is -0.840. The van der Waals surface area contributed by atoms with E-state index in [-0.39, 0.29) is 0 Å². The molecule has 0 rings (SSSR count). The average molecular weight is 220 g/mol. The van der Waals surface area contributed by atoms with E-state index in [0.717, 1.165) is 0 Å². The SMILES string of the molecule is CCCC[N+](C)(C)CCCC.O=[N+]([O-])[O-]. The van der Waals surface area contributed by atoms with Gasteiger partial charge in [-0.05, 0) is 12.8 Å². The first-order valence-corrected chi connectivity index (χ1v) is 5.49. The van der Waals surface area contributed by atoms with E-state index in [1.54, 1.807) is 0 Å². The predicted molar refractivity (Wildman–Crippen MR) is 62.0 cm³/mol. The van der Waals surface area contributed by atoms with Crippen molar-refractivity contribution in [1.82, 2.24) is 0 Å². The zero-order chi connectivity index (χ0) is 12.3. The summed E-state index contributed by atoms with van der Waals surface area (Å²) in [6.07, 6.45) is 5.40. The van der Waals surface area contributed by atoms with Gasteiger partial charge in [-0.15, -0.1) is 0 Å². The third-order valence-corrected chi connectivity index (χ3v) is 2.23. The molecule has 5 nitrogen and oxygen atoms in total. The van der Waals surface area contributed by atoms with Gasteiger partial charge in [0.1, 0.15) is 0 Å². The van der Waals surface area contributed by atoms with E-state index in [4.69, 9.17) is 15.3 Å². The van der Waals surface area contributed by atoms with Crippen molar-refractivity contribution in [3.63, 3.8) is 0 Å². The van der Waals surface area contributed by atoms with Crippen LogP contribution < -0.4 is 0 Å². The summed E-state index contributed by atoms with van der Waals surface area (Å²) in [5.74, 6) is 0. The van der Waals surface area contributed by atoms with Crippen LogP contribution in [0.5, 0.6) is 0 Å². The highest BCUT2D eigenvalue weighted by atomic mass is 16.9. The molecule has 0 atom stereocenters. The smallest absolute Gasteiger partial charge is 0.0782 e. The molecule has 0 spiro atoms. The van der Waals surface area contributed by atoms with E-state index in [1.807, 2.05) is 0 Å². The largest absolute Gasteiger partial charge is 0.356 e. The first kappa shape index (κ1) is 16.6. The molecular weight excluding hydrogens is 196 g/mol. The molecule has 0 aromatic carbocycles. The lowest BCUT2D eigenvalue weighted by molar-refractivity contribution is -0.890. The second-order valence-corrected chi connectivity index (χ2v) is 4.31. The van der Waals surface area contributed by atoms with Crippen molar-refractivity contribution in [3.8, 4) is 0 Å². The van der Waals surface area contributed by atoms with Gasteiger partial charge in [-0.25, -0.2) is 0 Å². The molecule has 0 unspecified atom stereocenters. The van der Waals surface area contributed by atoms with Crippen LogP contribution in [-0.2, 0) is 0 Å². The van der Waals surface area contributed by atoms with Gasteiger partial charge >= 0.3 is 0 Å². The van der Waals surface area contributed by atoms with Crippen molar-refractivity contribution in [2.24, 2.45) is 0 Å². The van der Waals surface area contributed by atoms with Gasteiger partial charge in [0, 0.05) is 0 Å². The topological polar surface area (TPSA) is 66.2 Å². The molecule has 0 saturated carbocycles. The van der Waals surface area contributed by atoms with Gasteiger partial charge in [-0.3, -0.25) is 0 Å². The maximum atomic E-state index is 8.25. The zero-order valence-corrected chi connectivity index (χ0v) is 10.4. The Morgan fingerprint density at radius 1 is 1.00 bits per heavy atom. The van der Waals surface area contributed by atoms with Crippen LogP contribution >= 0.6 is 0 Å². The normalized spacial score (nSPS) is 10.4. The van der Waals surface area contributed by atoms with Gasteiger partial charge in [0.15, 0.2) is 0 Å². The number of hydrogen-bond donors (Lipinski definition) is 0. The second-order valence-electron chi connectivity index (χ2n) is 4.31. The molecular formula is C10H24N2O3. The van der Waals surface area contributed by atoms with Gasteiger partial charge in [-0.1, -0.05) is 26.7 Å². The Morgan fingerprint density at radius 2 is 1.27 bits per heavy atom. The molecule has 0 bridgehead atoms. The number of nitrogens with zero attached hydrogens (tertiary/aromatic N) is 2. The van der Waals surface area contributed by atoms with E-state index >= 15 is 0 Å². The number of rotatable bonds is 6. The number of unbranched alkanes of at least 4 members (excludes halogenated alkanes) is 2. The molecule has 0 saturated heterocycles. The molecule has 0 N–H and O–H groups in total. The fourth-order valence-corrected chi connectivity index (χ4v) is 1.28. The fraction of sp³-hybridized carbons (Fsp3) is 1.00. The molecule has 0 aromatic heterocycles. The van der Waals surface area contributed by atoms with Crippen LogP contribution in [-0.4, -0.2) is 36.8 Å². The number of hydrogen-bond acceptors (Lipinski definition) is 3. The van der Waals surface area contributed by atoms with Gasteiger partial charge in [0.25, 0.3) is 0 Å². The molecule has 92 valence electrons. The first-order chi connectivity index (χ1) is 6.85. The summed E-state index contributed by atoms with van der Waals surface area (Å²) >= 11 is 0. The van der Waals surface area contributed by atoms with Gasteiger partial charge < -0.3 is 19.8 Å². The van der Waals surface area contributed by atoms with E-state index < -0.39 is 5.09 Å². The van der Waals surface area contributed by atoms with Crippen LogP contribution in [0.25, 0.3) is 0 Å². The summed E-state index contributed by atoms with van der Waals surface area (Å²) < 4.78 is 1.21. The van der Waals surface area contributed by atoms with Crippen molar-refractivity contribution in [2.45, 2.75) is 39.5 Å². The molecule has 0 aromatic rings. The fourth-order valence-electron chi connectivity index (χ4n) is 1.28. The Labute approximate surface area is 92.4 Å². The average Bonchev–Trinajstić information content (AvgIpc) is 2.11. The van der Waals surface area contributed by atoms with E-state index in [2.05, 4.69) is 27.9 Å². The predicted octanol–water partition coefficient (Wildman–Crippen LogP) is 2.42. The third-order valence-electron chi connectivity index (χ3n) is 2.23. The van der Waals surface area contributed by atoms with Crippen molar-refractivity contribution in [1.29, 1.82) is 0 Å². The summed E-state index contributed by atoms with van der Waals surface area (Å²) in [7, 11) is 4.68. The highest BCUT2D eigenvalue weighted by Gasteiger charge is 2.11. The Kier molecular flexibility index (Phi) is 10.7. The minimum Gasteiger partial charge on any atom is -0.356 e. The minimum absolute atomic E-state index is 1.21. The van der Waals surface area contributed by atoms with E-state index in [1.165, 1.54) is 43.3 Å². The Morgan fingerprint density at radius 3 is 1.47 bits per heavy atom. The summed E-state index contributed by atoms with van der Waals surface area (Å²) in [4.78, 5) is 8.25. The lowest BCUT2D eigenvalue weighted by Crippen LogP contribution is -2.41. The zero-order valence-electron chi connectivity index (χ0n) is 10.4. The Balaban J connectivity index is 0.